The molecule has 3 rings (SSSR count). The maximum Gasteiger partial charge on any atom is 0.267 e. The number of nitrogens with zero attached hydrogens (tertiary/aromatic N) is 1. The van der Waals surface area contributed by atoms with Crippen molar-refractivity contribution in [3.05, 3.63) is 69.3 Å². The molecule has 1 fully saturated rings. The van der Waals surface area contributed by atoms with Crippen LogP contribution >= 0.6 is 35.6 Å². The summed E-state index contributed by atoms with van der Waals surface area (Å²) in [4.78, 5) is 14.4. The van der Waals surface area contributed by atoms with Gasteiger partial charge in [-0.05, 0) is 36.8 Å². The predicted molar refractivity (Wildman–Crippen MR) is 106 cm³/mol. The van der Waals surface area contributed by atoms with E-state index < -0.39 is 0 Å². The SMILES string of the molecule is Cc1ccc(NCN2C(=O)/C(=C/c3ccccc3F)SC2=S)cc1Cl. The van der Waals surface area contributed by atoms with Crippen LogP contribution in [0.1, 0.15) is 11.1 Å². The largest absolute Gasteiger partial charge is 0.367 e. The van der Waals surface area contributed by atoms with Crippen LogP contribution in [0.5, 0.6) is 0 Å². The molecule has 1 heterocycles. The maximum atomic E-state index is 13.8. The summed E-state index contributed by atoms with van der Waals surface area (Å²) in [6, 6.07) is 11.9. The Balaban J connectivity index is 1.73. The van der Waals surface area contributed by atoms with E-state index in [0.717, 1.165) is 23.0 Å². The number of anilines is 1. The molecule has 0 unspecified atom stereocenters. The second-order valence-electron chi connectivity index (χ2n) is 5.43. The van der Waals surface area contributed by atoms with Crippen molar-refractivity contribution in [1.29, 1.82) is 0 Å². The van der Waals surface area contributed by atoms with Gasteiger partial charge in [-0.25, -0.2) is 4.39 Å². The molecule has 1 aliphatic rings. The van der Waals surface area contributed by atoms with E-state index in [1.165, 1.54) is 17.0 Å². The highest BCUT2D eigenvalue weighted by Crippen LogP contribution is 2.33. The van der Waals surface area contributed by atoms with Crippen LogP contribution in [-0.2, 0) is 4.79 Å². The van der Waals surface area contributed by atoms with Gasteiger partial charge >= 0.3 is 0 Å². The minimum absolute atomic E-state index is 0.221. The van der Waals surface area contributed by atoms with E-state index in [0.29, 0.717) is 19.8 Å². The second kappa shape index (κ2) is 7.56. The van der Waals surface area contributed by atoms with Gasteiger partial charge in [0, 0.05) is 16.3 Å². The molecule has 1 aliphatic heterocycles. The normalized spacial score (nSPS) is 16.0. The van der Waals surface area contributed by atoms with Crippen LogP contribution < -0.4 is 5.32 Å². The van der Waals surface area contributed by atoms with Gasteiger partial charge < -0.3 is 5.32 Å². The van der Waals surface area contributed by atoms with Crippen molar-refractivity contribution in [3.63, 3.8) is 0 Å². The molecule has 0 aromatic heterocycles. The number of hydrogen-bond donors (Lipinski definition) is 1. The molecule has 2 aromatic carbocycles. The number of amides is 1. The minimum Gasteiger partial charge on any atom is -0.367 e. The minimum atomic E-state index is -0.375. The van der Waals surface area contributed by atoms with E-state index in [1.54, 1.807) is 24.3 Å². The Kier molecular flexibility index (Phi) is 5.42. The Labute approximate surface area is 159 Å². The van der Waals surface area contributed by atoms with E-state index in [9.17, 15) is 9.18 Å². The fraction of sp³-hybridized carbons (Fsp3) is 0.111. The third-order valence-corrected chi connectivity index (χ3v) is 5.46. The van der Waals surface area contributed by atoms with Gasteiger partial charge in [-0.15, -0.1) is 0 Å². The smallest absolute Gasteiger partial charge is 0.267 e. The molecule has 128 valence electrons. The number of carbonyl (C=O) groups excluding carboxylic acids is 1. The van der Waals surface area contributed by atoms with Gasteiger partial charge in [0.05, 0.1) is 11.6 Å². The first kappa shape index (κ1) is 17.9. The lowest BCUT2D eigenvalue weighted by Gasteiger charge is -2.16. The fourth-order valence-electron chi connectivity index (χ4n) is 2.24. The highest BCUT2D eigenvalue weighted by atomic mass is 35.5. The highest BCUT2D eigenvalue weighted by molar-refractivity contribution is 8.26. The van der Waals surface area contributed by atoms with Gasteiger partial charge in [-0.2, -0.15) is 0 Å². The van der Waals surface area contributed by atoms with E-state index in [-0.39, 0.29) is 18.4 Å². The van der Waals surface area contributed by atoms with Crippen LogP contribution in [-0.4, -0.2) is 21.8 Å². The third kappa shape index (κ3) is 4.03. The monoisotopic (exact) mass is 392 g/mol. The van der Waals surface area contributed by atoms with Crippen LogP contribution in [0.4, 0.5) is 10.1 Å². The molecule has 3 nitrogen and oxygen atoms in total. The van der Waals surface area contributed by atoms with Crippen LogP contribution in [0.2, 0.25) is 5.02 Å². The Hall–Kier alpha value is -1.89. The first-order valence-electron chi connectivity index (χ1n) is 7.45. The molecule has 0 aliphatic carbocycles. The number of nitrogens with one attached hydrogen (secondary N) is 1. The van der Waals surface area contributed by atoms with Crippen LogP contribution in [0.25, 0.3) is 6.08 Å². The Morgan fingerprint density at radius 3 is 2.80 bits per heavy atom. The van der Waals surface area contributed by atoms with Crippen LogP contribution in [0, 0.1) is 12.7 Å². The molecule has 0 spiro atoms. The van der Waals surface area contributed by atoms with Crippen LogP contribution in [0.3, 0.4) is 0 Å². The fourth-order valence-corrected chi connectivity index (χ4v) is 3.67. The number of benzene rings is 2. The van der Waals surface area contributed by atoms with Crippen molar-refractivity contribution >= 4 is 57.6 Å². The number of thioether (sulfide) groups is 1. The van der Waals surface area contributed by atoms with Crippen molar-refractivity contribution in [2.24, 2.45) is 0 Å². The number of hydrogen-bond acceptors (Lipinski definition) is 4. The standard InChI is InChI=1S/C18H14ClFN2OS2/c1-11-6-7-13(9-14(11)19)21-10-22-17(23)16(25-18(22)24)8-12-4-2-3-5-15(12)20/h2-9,21H,10H2,1H3/b16-8-. The van der Waals surface area contributed by atoms with Gasteiger partial charge in [0.1, 0.15) is 10.1 Å². The average Bonchev–Trinajstić information content (AvgIpc) is 2.85. The topological polar surface area (TPSA) is 32.3 Å². The first-order chi connectivity index (χ1) is 12.0. The summed E-state index contributed by atoms with van der Waals surface area (Å²) in [6.45, 7) is 2.14. The van der Waals surface area contributed by atoms with Crippen molar-refractivity contribution in [1.82, 2.24) is 4.90 Å². The summed E-state index contributed by atoms with van der Waals surface area (Å²) in [7, 11) is 0. The van der Waals surface area contributed by atoms with Gasteiger partial charge in [0.15, 0.2) is 0 Å². The molecule has 2 aromatic rings. The molecule has 0 bridgehead atoms. The molecule has 1 amide bonds. The number of carbonyl (C=O) groups is 1. The lowest BCUT2D eigenvalue weighted by Crippen LogP contribution is -2.33. The summed E-state index contributed by atoms with van der Waals surface area (Å²) in [5.41, 5.74) is 2.13. The Bertz CT molecular complexity index is 885. The van der Waals surface area contributed by atoms with Crippen molar-refractivity contribution in [2.75, 3.05) is 12.0 Å². The van der Waals surface area contributed by atoms with E-state index >= 15 is 0 Å². The lowest BCUT2D eigenvalue weighted by molar-refractivity contribution is -0.121. The summed E-state index contributed by atoms with van der Waals surface area (Å²) in [6.07, 6.45) is 1.53. The van der Waals surface area contributed by atoms with E-state index in [4.69, 9.17) is 23.8 Å². The number of aryl methyl sites for hydroxylation is 1. The third-order valence-electron chi connectivity index (χ3n) is 3.68. The molecule has 0 radical (unpaired) electrons. The summed E-state index contributed by atoms with van der Waals surface area (Å²) < 4.78 is 14.2. The van der Waals surface area contributed by atoms with Crippen molar-refractivity contribution in [2.45, 2.75) is 6.92 Å². The molecule has 0 saturated carbocycles. The summed E-state index contributed by atoms with van der Waals surface area (Å²) >= 11 is 12.5. The zero-order chi connectivity index (χ0) is 18.0. The second-order valence-corrected chi connectivity index (χ2v) is 7.51. The van der Waals surface area contributed by atoms with Gasteiger partial charge in [-0.1, -0.05) is 59.8 Å². The number of halogens is 2. The van der Waals surface area contributed by atoms with E-state index in [2.05, 4.69) is 5.32 Å². The Morgan fingerprint density at radius 2 is 2.08 bits per heavy atom. The molecule has 1 N–H and O–H groups in total. The highest BCUT2D eigenvalue weighted by Gasteiger charge is 2.31. The molecular weight excluding hydrogens is 379 g/mol. The quantitative estimate of drug-likeness (QED) is 0.582. The molecule has 1 saturated heterocycles. The summed E-state index contributed by atoms with van der Waals surface area (Å²) in [5.74, 6) is -0.621. The van der Waals surface area contributed by atoms with Gasteiger partial charge in [0.25, 0.3) is 5.91 Å². The zero-order valence-corrected chi connectivity index (χ0v) is 15.6. The maximum absolute atomic E-state index is 13.8. The number of thiocarbonyl (C=S) groups is 1. The molecular formula is C18H14ClFN2OS2. The Morgan fingerprint density at radius 1 is 1.32 bits per heavy atom. The first-order valence-corrected chi connectivity index (χ1v) is 9.06. The van der Waals surface area contributed by atoms with Gasteiger partial charge in [0.2, 0.25) is 0 Å². The molecule has 0 atom stereocenters. The predicted octanol–water partition coefficient (Wildman–Crippen LogP) is 5.06. The molecule has 25 heavy (non-hydrogen) atoms. The summed E-state index contributed by atoms with van der Waals surface area (Å²) in [5, 5.41) is 3.78. The van der Waals surface area contributed by atoms with E-state index in [1.807, 2.05) is 19.1 Å². The van der Waals surface area contributed by atoms with Crippen LogP contribution in [0.15, 0.2) is 47.4 Å². The lowest BCUT2D eigenvalue weighted by atomic mass is 10.2. The molecule has 7 heteroatoms. The van der Waals surface area contributed by atoms with Gasteiger partial charge in [-0.3, -0.25) is 9.69 Å². The average molecular weight is 393 g/mol. The number of rotatable bonds is 4. The van der Waals surface area contributed by atoms with Crippen molar-refractivity contribution in [3.8, 4) is 0 Å². The zero-order valence-electron chi connectivity index (χ0n) is 13.3. The van der Waals surface area contributed by atoms with Crippen molar-refractivity contribution < 1.29 is 9.18 Å².